The molecule has 0 aliphatic heterocycles. The maximum absolute atomic E-state index is 11.3. The average molecular weight is 244 g/mol. The molecular weight excluding hydrogens is 230 g/mol. The van der Waals surface area contributed by atoms with Crippen molar-refractivity contribution in [1.29, 1.82) is 0 Å². The van der Waals surface area contributed by atoms with Crippen LogP contribution < -0.4 is 11.2 Å². The van der Waals surface area contributed by atoms with Crippen molar-refractivity contribution >= 4 is 23.2 Å². The van der Waals surface area contributed by atoms with Gasteiger partial charge in [-0.1, -0.05) is 12.1 Å². The van der Waals surface area contributed by atoms with E-state index in [0.29, 0.717) is 0 Å². The quantitative estimate of drug-likeness (QED) is 0.573. The molecule has 18 heavy (non-hydrogen) atoms. The molecule has 0 aliphatic rings. The Labute approximate surface area is 104 Å². The molecule has 6 heteroatoms. The number of fused-ring (bicyclic) bond motifs is 1. The molecule has 0 saturated carbocycles. The molecule has 1 atom stereocenters. The van der Waals surface area contributed by atoms with Crippen LogP contribution in [0.4, 0.5) is 0 Å². The van der Waals surface area contributed by atoms with Crippen LogP contribution in [0.5, 0.6) is 0 Å². The lowest BCUT2D eigenvalue weighted by atomic mass is 10.2. The second kappa shape index (κ2) is 5.33. The number of rotatable bonds is 3. The number of benzene rings is 1. The van der Waals surface area contributed by atoms with Gasteiger partial charge in [-0.25, -0.2) is 5.43 Å². The third-order valence-corrected chi connectivity index (χ3v) is 2.36. The first-order valence-electron chi connectivity index (χ1n) is 5.54. The van der Waals surface area contributed by atoms with E-state index in [-0.39, 0.29) is 11.9 Å². The van der Waals surface area contributed by atoms with E-state index in [0.717, 1.165) is 16.6 Å². The van der Waals surface area contributed by atoms with E-state index in [9.17, 15) is 4.79 Å². The predicted octanol–water partition coefficient (Wildman–Crippen LogP) is -0.290. The number of para-hydroxylation sites is 1. The zero-order valence-corrected chi connectivity index (χ0v) is 10.00. The fraction of sp³-hybridized carbons (Fsp3) is 0.167. The van der Waals surface area contributed by atoms with Gasteiger partial charge < -0.3 is 5.73 Å². The van der Waals surface area contributed by atoms with Crippen molar-refractivity contribution in [2.45, 2.75) is 13.0 Å². The van der Waals surface area contributed by atoms with E-state index < -0.39 is 0 Å². The highest BCUT2D eigenvalue weighted by Crippen LogP contribution is 2.11. The molecular formula is C12H14N5O+. The van der Waals surface area contributed by atoms with Gasteiger partial charge >= 0.3 is 0 Å². The molecule has 0 unspecified atom stereocenters. The first-order valence-corrected chi connectivity index (χ1v) is 5.54. The van der Waals surface area contributed by atoms with Crippen molar-refractivity contribution < 1.29 is 10.5 Å². The molecule has 0 fully saturated rings. The Hall–Kier alpha value is -2.34. The average Bonchev–Trinajstić information content (AvgIpc) is 2.38. The summed E-state index contributed by atoms with van der Waals surface area (Å²) >= 11 is 0. The largest absolute Gasteiger partial charge is 0.348 e. The maximum atomic E-state index is 11.3. The van der Waals surface area contributed by atoms with Gasteiger partial charge in [-0.3, -0.25) is 14.8 Å². The summed E-state index contributed by atoms with van der Waals surface area (Å²) in [4.78, 5) is 19.7. The fourth-order valence-corrected chi connectivity index (χ4v) is 1.39. The Balaban J connectivity index is 2.22. The highest BCUT2D eigenvalue weighted by atomic mass is 16.2. The van der Waals surface area contributed by atoms with Gasteiger partial charge in [0.25, 0.3) is 5.91 Å². The summed E-state index contributed by atoms with van der Waals surface area (Å²) in [6.07, 6.45) is 4.81. The van der Waals surface area contributed by atoms with Crippen molar-refractivity contribution in [3.63, 3.8) is 0 Å². The van der Waals surface area contributed by atoms with Crippen molar-refractivity contribution in [3.8, 4) is 0 Å². The number of hydrogen-bond donors (Lipinski definition) is 2. The van der Waals surface area contributed by atoms with Gasteiger partial charge in [0.2, 0.25) is 0 Å². The summed E-state index contributed by atoms with van der Waals surface area (Å²) in [5, 5.41) is 3.88. The molecule has 2 rings (SSSR count). The van der Waals surface area contributed by atoms with Gasteiger partial charge in [-0.2, -0.15) is 5.10 Å². The smallest absolute Gasteiger partial charge is 0.297 e. The van der Waals surface area contributed by atoms with E-state index in [1.165, 1.54) is 0 Å². The zero-order chi connectivity index (χ0) is 13.0. The van der Waals surface area contributed by atoms with E-state index in [1.807, 2.05) is 18.2 Å². The van der Waals surface area contributed by atoms with Crippen LogP contribution in [0, 0.1) is 0 Å². The van der Waals surface area contributed by atoms with Crippen LogP contribution in [-0.4, -0.2) is 28.1 Å². The Morgan fingerprint density at radius 1 is 1.44 bits per heavy atom. The lowest BCUT2D eigenvalue weighted by Gasteiger charge is -2.01. The van der Waals surface area contributed by atoms with Crippen LogP contribution in [-0.2, 0) is 4.79 Å². The topological polar surface area (TPSA) is 94.9 Å². The molecule has 6 nitrogen and oxygen atoms in total. The van der Waals surface area contributed by atoms with Crippen LogP contribution in [0.15, 0.2) is 35.7 Å². The lowest BCUT2D eigenvalue weighted by molar-refractivity contribution is -0.398. The SMILES string of the molecule is C[C@H]([NH3+])C(=O)N/N=C\c1cccc2nccnc12. The van der Waals surface area contributed by atoms with Crippen molar-refractivity contribution in [2.24, 2.45) is 5.10 Å². The number of carbonyl (C=O) groups excluding carboxylic acids is 1. The highest BCUT2D eigenvalue weighted by Gasteiger charge is 2.08. The molecule has 0 radical (unpaired) electrons. The van der Waals surface area contributed by atoms with Crippen molar-refractivity contribution in [2.75, 3.05) is 0 Å². The first-order chi connectivity index (χ1) is 8.68. The third kappa shape index (κ3) is 2.67. The normalized spacial score (nSPS) is 12.8. The Morgan fingerprint density at radius 3 is 3.00 bits per heavy atom. The van der Waals surface area contributed by atoms with E-state index in [1.54, 1.807) is 25.5 Å². The molecule has 2 aromatic rings. The lowest BCUT2D eigenvalue weighted by Crippen LogP contribution is -2.65. The van der Waals surface area contributed by atoms with Crippen molar-refractivity contribution in [1.82, 2.24) is 15.4 Å². The van der Waals surface area contributed by atoms with Gasteiger partial charge in [0.1, 0.15) is 0 Å². The van der Waals surface area contributed by atoms with Gasteiger partial charge in [-0.05, 0) is 13.0 Å². The number of aromatic nitrogens is 2. The molecule has 4 N–H and O–H groups in total. The predicted molar refractivity (Wildman–Crippen MR) is 67.6 cm³/mol. The van der Waals surface area contributed by atoms with Gasteiger partial charge in [0, 0.05) is 18.0 Å². The first kappa shape index (κ1) is 12.1. The zero-order valence-electron chi connectivity index (χ0n) is 10.00. The number of nitrogens with one attached hydrogen (secondary N) is 1. The monoisotopic (exact) mass is 244 g/mol. The van der Waals surface area contributed by atoms with Crippen LogP contribution in [0.25, 0.3) is 11.0 Å². The molecule has 92 valence electrons. The fourth-order valence-electron chi connectivity index (χ4n) is 1.39. The maximum Gasteiger partial charge on any atom is 0.297 e. The van der Waals surface area contributed by atoms with E-state index in [4.69, 9.17) is 0 Å². The van der Waals surface area contributed by atoms with Crippen LogP contribution >= 0.6 is 0 Å². The molecule has 1 aromatic heterocycles. The summed E-state index contributed by atoms with van der Waals surface area (Å²) in [7, 11) is 0. The summed E-state index contributed by atoms with van der Waals surface area (Å²) in [5.74, 6) is -0.224. The second-order valence-corrected chi connectivity index (χ2v) is 3.91. The van der Waals surface area contributed by atoms with E-state index >= 15 is 0 Å². The summed E-state index contributed by atoms with van der Waals surface area (Å²) < 4.78 is 0. The minimum Gasteiger partial charge on any atom is -0.348 e. The van der Waals surface area contributed by atoms with Crippen molar-refractivity contribution in [3.05, 3.63) is 36.2 Å². The van der Waals surface area contributed by atoms with Gasteiger partial charge in [-0.15, -0.1) is 0 Å². The van der Waals surface area contributed by atoms with Gasteiger partial charge in [0.05, 0.1) is 17.2 Å². The van der Waals surface area contributed by atoms with Crippen LogP contribution in [0.3, 0.4) is 0 Å². The number of nitrogens with zero attached hydrogens (tertiary/aromatic N) is 3. The molecule has 1 heterocycles. The van der Waals surface area contributed by atoms with E-state index in [2.05, 4.69) is 26.2 Å². The number of quaternary nitrogens is 1. The molecule has 0 bridgehead atoms. The molecule has 0 aliphatic carbocycles. The minimum absolute atomic E-state index is 0.224. The number of hydrogen-bond acceptors (Lipinski definition) is 4. The Kier molecular flexibility index (Phi) is 3.59. The molecule has 1 aromatic carbocycles. The number of amides is 1. The summed E-state index contributed by atoms with van der Waals surface area (Å²) in [6.45, 7) is 1.70. The Morgan fingerprint density at radius 2 is 2.22 bits per heavy atom. The molecule has 0 saturated heterocycles. The Bertz CT molecular complexity index is 589. The second-order valence-electron chi connectivity index (χ2n) is 3.91. The van der Waals surface area contributed by atoms with Crippen LogP contribution in [0.2, 0.25) is 0 Å². The summed E-state index contributed by atoms with van der Waals surface area (Å²) in [6, 6.07) is 5.26. The molecule has 1 amide bonds. The number of hydrazone groups is 1. The third-order valence-electron chi connectivity index (χ3n) is 2.36. The standard InChI is InChI=1S/C12H13N5O/c1-8(13)12(18)17-16-7-9-3-2-4-10-11(9)15-6-5-14-10/h2-8H,13H2,1H3,(H,17,18)/p+1/b16-7-/t8-/m0/s1. The molecule has 0 spiro atoms. The van der Waals surface area contributed by atoms with Crippen LogP contribution in [0.1, 0.15) is 12.5 Å². The minimum atomic E-state index is -0.338. The highest BCUT2D eigenvalue weighted by molar-refractivity contribution is 5.96. The van der Waals surface area contributed by atoms with Gasteiger partial charge in [0.15, 0.2) is 6.04 Å². The summed E-state index contributed by atoms with van der Waals surface area (Å²) in [5.41, 5.74) is 8.36. The number of carbonyl (C=O) groups is 1.